The number of amides is 1. The Kier molecular flexibility index (Phi) is 7.69. The van der Waals surface area contributed by atoms with Gasteiger partial charge in [-0.1, -0.05) is 18.2 Å². The van der Waals surface area contributed by atoms with Gasteiger partial charge in [0.25, 0.3) is 5.56 Å². The number of aromatic nitrogens is 1. The van der Waals surface area contributed by atoms with E-state index in [4.69, 9.17) is 5.26 Å². The first-order valence-corrected chi connectivity index (χ1v) is 10.9. The third-order valence-electron chi connectivity index (χ3n) is 4.56. The lowest BCUT2D eigenvalue weighted by Gasteiger charge is -2.11. The number of pyridine rings is 1. The SMILES string of the molecule is C=CCNS(=O)(=O)Cc1ccc(NC(=O)CCc2c(C)[nH]c(=O)c(C#N)c2C)cc1. The van der Waals surface area contributed by atoms with E-state index in [1.807, 2.05) is 6.07 Å². The quantitative estimate of drug-likeness (QED) is 0.526. The molecule has 0 saturated carbocycles. The molecule has 2 aromatic rings. The Bertz CT molecular complexity index is 1140. The Balaban J connectivity index is 1.99. The highest BCUT2D eigenvalue weighted by Crippen LogP contribution is 2.16. The molecule has 0 fully saturated rings. The number of H-pyrrole nitrogens is 1. The van der Waals surface area contributed by atoms with Crippen LogP contribution in [0.1, 0.15) is 34.4 Å². The van der Waals surface area contributed by atoms with Crippen molar-refractivity contribution in [1.82, 2.24) is 9.71 Å². The van der Waals surface area contributed by atoms with Gasteiger partial charge in [-0.2, -0.15) is 5.26 Å². The number of nitriles is 1. The first-order valence-electron chi connectivity index (χ1n) is 9.26. The van der Waals surface area contributed by atoms with Gasteiger partial charge in [0.2, 0.25) is 15.9 Å². The maximum Gasteiger partial charge on any atom is 0.266 e. The third-order valence-corrected chi connectivity index (χ3v) is 5.88. The van der Waals surface area contributed by atoms with Gasteiger partial charge in [-0.15, -0.1) is 6.58 Å². The molecule has 0 aliphatic rings. The van der Waals surface area contributed by atoms with E-state index in [2.05, 4.69) is 21.6 Å². The van der Waals surface area contributed by atoms with E-state index >= 15 is 0 Å². The fraction of sp³-hybridized carbons (Fsp3) is 0.286. The number of carbonyl (C=O) groups is 1. The summed E-state index contributed by atoms with van der Waals surface area (Å²) in [4.78, 5) is 26.7. The van der Waals surface area contributed by atoms with Crippen LogP contribution in [0.15, 0.2) is 41.7 Å². The monoisotopic (exact) mass is 428 g/mol. The van der Waals surface area contributed by atoms with Crippen LogP contribution in [-0.2, 0) is 27.0 Å². The number of carbonyl (C=O) groups excluding carboxylic acids is 1. The lowest BCUT2D eigenvalue weighted by atomic mass is 9.99. The van der Waals surface area contributed by atoms with Crippen molar-refractivity contribution in [2.24, 2.45) is 0 Å². The second kappa shape index (κ2) is 10.0. The Morgan fingerprint density at radius 1 is 1.27 bits per heavy atom. The molecule has 0 spiro atoms. The molecule has 1 heterocycles. The largest absolute Gasteiger partial charge is 0.326 e. The summed E-state index contributed by atoms with van der Waals surface area (Å²) in [5.74, 6) is -0.396. The van der Waals surface area contributed by atoms with E-state index in [0.717, 1.165) is 5.56 Å². The summed E-state index contributed by atoms with van der Waals surface area (Å²) in [6.45, 7) is 7.07. The highest BCUT2D eigenvalue weighted by atomic mass is 32.2. The van der Waals surface area contributed by atoms with Crippen molar-refractivity contribution < 1.29 is 13.2 Å². The molecule has 0 aliphatic carbocycles. The molecule has 0 aliphatic heterocycles. The second-order valence-electron chi connectivity index (χ2n) is 6.81. The van der Waals surface area contributed by atoms with Gasteiger partial charge >= 0.3 is 0 Å². The Morgan fingerprint density at radius 2 is 1.93 bits per heavy atom. The molecule has 0 unspecified atom stereocenters. The molecule has 9 heteroatoms. The van der Waals surface area contributed by atoms with Crippen LogP contribution in [0.25, 0.3) is 0 Å². The predicted molar refractivity (Wildman–Crippen MR) is 115 cm³/mol. The first-order chi connectivity index (χ1) is 14.2. The fourth-order valence-corrected chi connectivity index (χ4v) is 4.13. The summed E-state index contributed by atoms with van der Waals surface area (Å²) >= 11 is 0. The molecular formula is C21H24N4O4S. The van der Waals surface area contributed by atoms with Gasteiger partial charge in [-0.3, -0.25) is 9.59 Å². The van der Waals surface area contributed by atoms with Crippen LogP contribution >= 0.6 is 0 Å². The smallest absolute Gasteiger partial charge is 0.266 e. The fourth-order valence-electron chi connectivity index (χ4n) is 3.02. The van der Waals surface area contributed by atoms with E-state index in [1.165, 1.54) is 6.08 Å². The molecule has 158 valence electrons. The van der Waals surface area contributed by atoms with Crippen LogP contribution in [0.3, 0.4) is 0 Å². The van der Waals surface area contributed by atoms with Crippen LogP contribution in [0.5, 0.6) is 0 Å². The number of hydrogen-bond donors (Lipinski definition) is 3. The molecule has 1 amide bonds. The zero-order chi connectivity index (χ0) is 22.3. The molecule has 0 saturated heterocycles. The average molecular weight is 429 g/mol. The Hall–Kier alpha value is -3.22. The third kappa shape index (κ3) is 6.14. The van der Waals surface area contributed by atoms with Gasteiger partial charge in [0.05, 0.1) is 5.75 Å². The number of aryl methyl sites for hydroxylation is 1. The van der Waals surface area contributed by atoms with Crippen LogP contribution < -0.4 is 15.6 Å². The molecule has 0 atom stereocenters. The van der Waals surface area contributed by atoms with Crippen LogP contribution in [0, 0.1) is 25.2 Å². The van der Waals surface area contributed by atoms with Gasteiger partial charge < -0.3 is 10.3 Å². The first kappa shape index (κ1) is 23.1. The van der Waals surface area contributed by atoms with Gasteiger partial charge in [0.1, 0.15) is 11.6 Å². The molecule has 2 rings (SSSR count). The minimum atomic E-state index is -3.45. The minimum absolute atomic E-state index is 0.0594. The van der Waals surface area contributed by atoms with Crippen molar-refractivity contribution in [2.45, 2.75) is 32.4 Å². The number of nitrogens with one attached hydrogen (secondary N) is 3. The number of nitrogens with zero attached hydrogens (tertiary/aromatic N) is 1. The lowest BCUT2D eigenvalue weighted by molar-refractivity contribution is -0.116. The van der Waals surface area contributed by atoms with Gasteiger partial charge in [0, 0.05) is 24.3 Å². The van der Waals surface area contributed by atoms with E-state index < -0.39 is 15.6 Å². The highest BCUT2D eigenvalue weighted by molar-refractivity contribution is 7.88. The summed E-state index contributed by atoms with van der Waals surface area (Å²) < 4.78 is 26.2. The standard InChI is InChI=1S/C21H24N4O4S/c1-4-11-23-30(28,29)13-16-5-7-17(8-6-16)25-20(26)10-9-18-14(2)19(12-22)21(27)24-15(18)3/h4-8,23H,1,9-11,13H2,2-3H3,(H,24,27)(H,25,26). The van der Waals surface area contributed by atoms with Crippen LogP contribution in [0.4, 0.5) is 5.69 Å². The van der Waals surface area contributed by atoms with E-state index in [0.29, 0.717) is 28.9 Å². The van der Waals surface area contributed by atoms with Gasteiger partial charge in [-0.25, -0.2) is 13.1 Å². The van der Waals surface area contributed by atoms with E-state index in [-0.39, 0.29) is 30.2 Å². The zero-order valence-electron chi connectivity index (χ0n) is 16.9. The zero-order valence-corrected chi connectivity index (χ0v) is 17.7. The van der Waals surface area contributed by atoms with Gasteiger partial charge in [0.15, 0.2) is 0 Å². The number of anilines is 1. The maximum absolute atomic E-state index is 12.3. The van der Waals surface area contributed by atoms with Gasteiger partial charge in [-0.05, 0) is 49.1 Å². The summed E-state index contributed by atoms with van der Waals surface area (Å²) in [5, 5.41) is 11.9. The predicted octanol–water partition coefficient (Wildman–Crippen LogP) is 2.04. The summed E-state index contributed by atoms with van der Waals surface area (Å²) in [5.41, 5.74) is 2.77. The molecular weight excluding hydrogens is 404 g/mol. The number of aromatic amines is 1. The number of sulfonamides is 1. The Morgan fingerprint density at radius 3 is 2.53 bits per heavy atom. The minimum Gasteiger partial charge on any atom is -0.326 e. The summed E-state index contributed by atoms with van der Waals surface area (Å²) in [6.07, 6.45) is 2.01. The second-order valence-corrected chi connectivity index (χ2v) is 8.62. The highest BCUT2D eigenvalue weighted by Gasteiger charge is 2.14. The molecule has 1 aromatic heterocycles. The molecule has 0 bridgehead atoms. The van der Waals surface area contributed by atoms with Crippen molar-refractivity contribution in [1.29, 1.82) is 5.26 Å². The van der Waals surface area contributed by atoms with Crippen molar-refractivity contribution in [3.8, 4) is 6.07 Å². The van der Waals surface area contributed by atoms with Crippen molar-refractivity contribution in [3.05, 3.63) is 75.2 Å². The molecule has 0 radical (unpaired) electrons. The van der Waals surface area contributed by atoms with Crippen LogP contribution in [0.2, 0.25) is 0 Å². The molecule has 1 aromatic carbocycles. The van der Waals surface area contributed by atoms with E-state index in [1.54, 1.807) is 38.1 Å². The number of rotatable bonds is 9. The maximum atomic E-state index is 12.3. The van der Waals surface area contributed by atoms with Crippen LogP contribution in [-0.4, -0.2) is 25.9 Å². The number of hydrogen-bond acceptors (Lipinski definition) is 5. The molecule has 3 N–H and O–H groups in total. The summed E-state index contributed by atoms with van der Waals surface area (Å²) in [6, 6.07) is 8.45. The summed E-state index contributed by atoms with van der Waals surface area (Å²) in [7, 11) is -3.45. The lowest BCUT2D eigenvalue weighted by Crippen LogP contribution is -2.25. The Labute approximate surface area is 175 Å². The van der Waals surface area contributed by atoms with Crippen molar-refractivity contribution >= 4 is 21.6 Å². The average Bonchev–Trinajstić information content (AvgIpc) is 2.67. The normalized spacial score (nSPS) is 11.0. The van der Waals surface area contributed by atoms with Crippen molar-refractivity contribution in [2.75, 3.05) is 11.9 Å². The topological polar surface area (TPSA) is 132 Å². The molecule has 8 nitrogen and oxygen atoms in total. The molecule has 30 heavy (non-hydrogen) atoms. The number of benzene rings is 1. The van der Waals surface area contributed by atoms with E-state index in [9.17, 15) is 18.0 Å². The van der Waals surface area contributed by atoms with Crippen molar-refractivity contribution in [3.63, 3.8) is 0 Å².